The smallest absolute Gasteiger partial charge is 0.417 e. The van der Waals surface area contributed by atoms with Crippen molar-refractivity contribution < 1.29 is 27.5 Å². The third-order valence-corrected chi connectivity index (χ3v) is 3.78. The largest absolute Gasteiger partial charge is 0.469 e. The second kappa shape index (κ2) is 8.51. The molecule has 0 aliphatic heterocycles. The summed E-state index contributed by atoms with van der Waals surface area (Å²) >= 11 is 0. The number of rotatable bonds is 6. The van der Waals surface area contributed by atoms with Crippen molar-refractivity contribution >= 4 is 11.9 Å². The lowest BCUT2D eigenvalue weighted by Gasteiger charge is -2.24. The third kappa shape index (κ3) is 5.08. The topological polar surface area (TPSA) is 46.6 Å². The summed E-state index contributed by atoms with van der Waals surface area (Å²) < 4.78 is 44.2. The fourth-order valence-electron chi connectivity index (χ4n) is 2.47. The van der Waals surface area contributed by atoms with E-state index in [1.807, 2.05) is 0 Å². The first kappa shape index (κ1) is 19.5. The van der Waals surface area contributed by atoms with E-state index < -0.39 is 29.2 Å². The van der Waals surface area contributed by atoms with Gasteiger partial charge in [-0.25, -0.2) is 0 Å². The molecule has 0 unspecified atom stereocenters. The number of amides is 1. The molecule has 0 N–H and O–H groups in total. The zero-order valence-electron chi connectivity index (χ0n) is 14.1. The summed E-state index contributed by atoms with van der Waals surface area (Å²) in [4.78, 5) is 25.4. The van der Waals surface area contributed by atoms with Gasteiger partial charge in [0.15, 0.2) is 0 Å². The van der Waals surface area contributed by atoms with Crippen LogP contribution in [0.2, 0.25) is 0 Å². The summed E-state index contributed by atoms with van der Waals surface area (Å²) in [5.41, 5.74) is -0.697. The number of hydrogen-bond acceptors (Lipinski definition) is 3. The van der Waals surface area contributed by atoms with Crippen LogP contribution in [0.4, 0.5) is 13.2 Å². The highest BCUT2D eigenvalue weighted by Crippen LogP contribution is 2.32. The highest BCUT2D eigenvalue weighted by Gasteiger charge is 2.36. The second-order valence-electron chi connectivity index (χ2n) is 5.58. The fraction of sp³-hybridized carbons (Fsp3) is 0.263. The van der Waals surface area contributed by atoms with E-state index in [9.17, 15) is 22.8 Å². The maximum absolute atomic E-state index is 13.2. The van der Waals surface area contributed by atoms with E-state index in [2.05, 4.69) is 4.74 Å². The van der Waals surface area contributed by atoms with E-state index in [4.69, 9.17) is 0 Å². The van der Waals surface area contributed by atoms with E-state index in [0.29, 0.717) is 0 Å². The Hall–Kier alpha value is -2.83. The van der Waals surface area contributed by atoms with Gasteiger partial charge in [-0.1, -0.05) is 42.5 Å². The third-order valence-electron chi connectivity index (χ3n) is 3.78. The molecule has 26 heavy (non-hydrogen) atoms. The predicted octanol–water partition coefficient (Wildman–Crippen LogP) is 3.91. The molecule has 0 fully saturated rings. The van der Waals surface area contributed by atoms with Crippen LogP contribution in [0.1, 0.15) is 27.9 Å². The van der Waals surface area contributed by atoms with Gasteiger partial charge in [0.05, 0.1) is 24.7 Å². The normalized spacial score (nSPS) is 11.1. The first-order chi connectivity index (χ1) is 12.3. The van der Waals surface area contributed by atoms with Gasteiger partial charge in [0, 0.05) is 13.1 Å². The molecule has 0 atom stereocenters. The van der Waals surface area contributed by atoms with Gasteiger partial charge < -0.3 is 9.64 Å². The van der Waals surface area contributed by atoms with Crippen LogP contribution in [0.25, 0.3) is 0 Å². The van der Waals surface area contributed by atoms with Crippen LogP contribution < -0.4 is 0 Å². The van der Waals surface area contributed by atoms with Gasteiger partial charge in [0.25, 0.3) is 5.91 Å². The summed E-state index contributed by atoms with van der Waals surface area (Å²) in [7, 11) is 1.21. The predicted molar refractivity (Wildman–Crippen MR) is 89.3 cm³/mol. The van der Waals surface area contributed by atoms with Gasteiger partial charge in [0.2, 0.25) is 0 Å². The van der Waals surface area contributed by atoms with Gasteiger partial charge >= 0.3 is 12.1 Å². The molecular weight excluding hydrogens is 347 g/mol. The molecule has 2 rings (SSSR count). The number of methoxy groups -OCH3 is 1. The molecule has 1 amide bonds. The lowest BCUT2D eigenvalue weighted by Crippen LogP contribution is -2.34. The Morgan fingerprint density at radius 3 is 2.23 bits per heavy atom. The summed E-state index contributed by atoms with van der Waals surface area (Å²) in [6.07, 6.45) is -4.75. The van der Waals surface area contributed by atoms with Gasteiger partial charge in [-0.3, -0.25) is 9.59 Å². The second-order valence-corrected chi connectivity index (χ2v) is 5.58. The molecule has 0 heterocycles. The van der Waals surface area contributed by atoms with Crippen molar-refractivity contribution in [3.8, 4) is 0 Å². The molecule has 0 spiro atoms. The molecule has 4 nitrogen and oxygen atoms in total. The maximum atomic E-state index is 13.2. The van der Waals surface area contributed by atoms with Crippen molar-refractivity contribution in [1.29, 1.82) is 0 Å². The quantitative estimate of drug-likeness (QED) is 0.729. The minimum absolute atomic E-state index is 0.0490. The van der Waals surface area contributed by atoms with Crippen LogP contribution in [0.5, 0.6) is 0 Å². The van der Waals surface area contributed by atoms with Crippen LogP contribution in [-0.4, -0.2) is 30.4 Å². The first-order valence-electron chi connectivity index (χ1n) is 7.89. The van der Waals surface area contributed by atoms with Gasteiger partial charge in [-0.05, 0) is 17.7 Å². The minimum atomic E-state index is -4.65. The van der Waals surface area contributed by atoms with Gasteiger partial charge in [-0.15, -0.1) is 0 Å². The highest BCUT2D eigenvalue weighted by atomic mass is 19.4. The number of carbonyl (C=O) groups excluding carboxylic acids is 2. The number of carbonyl (C=O) groups is 2. The van der Waals surface area contributed by atoms with E-state index in [-0.39, 0.29) is 19.5 Å². The number of hydrogen-bond donors (Lipinski definition) is 0. The van der Waals surface area contributed by atoms with Crippen LogP contribution in [0.15, 0.2) is 54.6 Å². The van der Waals surface area contributed by atoms with E-state index in [0.717, 1.165) is 17.7 Å². The zero-order valence-corrected chi connectivity index (χ0v) is 14.1. The molecule has 2 aromatic rings. The maximum Gasteiger partial charge on any atom is 0.417 e. The van der Waals surface area contributed by atoms with Crippen molar-refractivity contribution in [1.82, 2.24) is 4.90 Å². The zero-order chi connectivity index (χ0) is 19.2. The fourth-order valence-corrected chi connectivity index (χ4v) is 2.47. The highest BCUT2D eigenvalue weighted by molar-refractivity contribution is 5.96. The summed E-state index contributed by atoms with van der Waals surface area (Å²) in [6, 6.07) is 13.5. The lowest BCUT2D eigenvalue weighted by atomic mass is 10.1. The Bertz CT molecular complexity index is 760. The molecule has 0 aliphatic rings. The molecule has 7 heteroatoms. The monoisotopic (exact) mass is 365 g/mol. The van der Waals surface area contributed by atoms with Crippen molar-refractivity contribution in [2.45, 2.75) is 19.1 Å². The SMILES string of the molecule is COC(=O)CCN(Cc1ccccc1)C(=O)c1ccccc1C(F)(F)F. The Morgan fingerprint density at radius 2 is 1.62 bits per heavy atom. The van der Waals surface area contributed by atoms with Crippen LogP contribution in [-0.2, 0) is 22.3 Å². The van der Waals surface area contributed by atoms with Crippen LogP contribution in [0.3, 0.4) is 0 Å². The summed E-state index contributed by atoms with van der Waals surface area (Å²) in [6.45, 7) is 0.0372. The van der Waals surface area contributed by atoms with Gasteiger partial charge in [0.1, 0.15) is 0 Å². The number of alkyl halides is 3. The molecule has 0 radical (unpaired) electrons. The molecule has 2 aromatic carbocycles. The van der Waals surface area contributed by atoms with Gasteiger partial charge in [-0.2, -0.15) is 13.2 Å². The number of esters is 1. The van der Waals surface area contributed by atoms with Crippen molar-refractivity contribution in [3.05, 3.63) is 71.3 Å². The summed E-state index contributed by atoms with van der Waals surface area (Å²) in [5.74, 6) is -1.33. The average Bonchev–Trinajstić information content (AvgIpc) is 2.64. The standard InChI is InChI=1S/C19H18F3NO3/c1-26-17(24)11-12-23(13-14-7-3-2-4-8-14)18(25)15-9-5-6-10-16(15)19(20,21)22/h2-10H,11-13H2,1H3. The molecule has 0 aliphatic carbocycles. The summed E-state index contributed by atoms with van der Waals surface area (Å²) in [5, 5.41) is 0. The Labute approximate surface area is 149 Å². The van der Waals surface area contributed by atoms with Crippen LogP contribution >= 0.6 is 0 Å². The van der Waals surface area contributed by atoms with Crippen LogP contribution in [0, 0.1) is 0 Å². The Kier molecular flexibility index (Phi) is 6.38. The molecule has 0 saturated carbocycles. The molecule has 0 saturated heterocycles. The van der Waals surface area contributed by atoms with Crippen molar-refractivity contribution in [3.63, 3.8) is 0 Å². The molecule has 0 bridgehead atoms. The number of halogens is 3. The number of nitrogens with zero attached hydrogens (tertiary/aromatic N) is 1. The molecule has 138 valence electrons. The van der Waals surface area contributed by atoms with Crippen molar-refractivity contribution in [2.75, 3.05) is 13.7 Å². The lowest BCUT2D eigenvalue weighted by molar-refractivity contribution is -0.141. The Morgan fingerprint density at radius 1 is 1.00 bits per heavy atom. The van der Waals surface area contributed by atoms with E-state index in [1.165, 1.54) is 24.1 Å². The first-order valence-corrected chi connectivity index (χ1v) is 7.89. The number of benzene rings is 2. The average molecular weight is 365 g/mol. The van der Waals surface area contributed by atoms with Crippen molar-refractivity contribution in [2.24, 2.45) is 0 Å². The molecule has 0 aromatic heterocycles. The van der Waals surface area contributed by atoms with E-state index in [1.54, 1.807) is 30.3 Å². The Balaban J connectivity index is 2.32. The van der Waals surface area contributed by atoms with E-state index >= 15 is 0 Å². The minimum Gasteiger partial charge on any atom is -0.469 e. The molecular formula is C19H18F3NO3. The number of ether oxygens (including phenoxy) is 1.